The third-order valence-corrected chi connectivity index (χ3v) is 5.67. The van der Waals surface area contributed by atoms with Gasteiger partial charge in [0.05, 0.1) is 11.3 Å². The average Bonchev–Trinajstić information content (AvgIpc) is 2.97. The van der Waals surface area contributed by atoms with Gasteiger partial charge in [0.2, 0.25) is 0 Å². The SMILES string of the molecule is CC(C)c1nc2c(c(=O)[nH]1)CN(Cc1cc3ccccc3s1)CC2. The van der Waals surface area contributed by atoms with Gasteiger partial charge in [0.25, 0.3) is 5.56 Å². The molecule has 0 unspecified atom stereocenters. The monoisotopic (exact) mass is 339 g/mol. The maximum atomic E-state index is 12.4. The molecule has 5 heteroatoms. The highest BCUT2D eigenvalue weighted by Gasteiger charge is 2.22. The van der Waals surface area contributed by atoms with Crippen LogP contribution >= 0.6 is 11.3 Å². The molecule has 0 fully saturated rings. The average molecular weight is 339 g/mol. The third-order valence-electron chi connectivity index (χ3n) is 4.57. The lowest BCUT2D eigenvalue weighted by Crippen LogP contribution is -2.35. The zero-order valence-corrected chi connectivity index (χ0v) is 14.8. The number of hydrogen-bond donors (Lipinski definition) is 1. The molecule has 1 aliphatic heterocycles. The van der Waals surface area contributed by atoms with Crippen molar-refractivity contribution >= 4 is 21.4 Å². The van der Waals surface area contributed by atoms with Crippen LogP contribution in [0.25, 0.3) is 10.1 Å². The van der Waals surface area contributed by atoms with Crippen molar-refractivity contribution in [2.24, 2.45) is 0 Å². The van der Waals surface area contributed by atoms with E-state index in [0.717, 1.165) is 36.6 Å². The molecule has 3 aromatic rings. The van der Waals surface area contributed by atoms with Gasteiger partial charge < -0.3 is 4.98 Å². The zero-order chi connectivity index (χ0) is 16.7. The van der Waals surface area contributed by atoms with Crippen LogP contribution in [-0.2, 0) is 19.5 Å². The quantitative estimate of drug-likeness (QED) is 0.792. The predicted octanol–water partition coefficient (Wildman–Crippen LogP) is 3.67. The van der Waals surface area contributed by atoms with Crippen molar-refractivity contribution in [3.05, 3.63) is 62.6 Å². The first-order valence-electron chi connectivity index (χ1n) is 8.42. The van der Waals surface area contributed by atoms with E-state index < -0.39 is 0 Å². The summed E-state index contributed by atoms with van der Waals surface area (Å²) in [7, 11) is 0. The highest BCUT2D eigenvalue weighted by atomic mass is 32.1. The topological polar surface area (TPSA) is 49.0 Å². The number of thiophene rings is 1. The van der Waals surface area contributed by atoms with Crippen molar-refractivity contribution in [2.75, 3.05) is 6.54 Å². The Hall–Kier alpha value is -1.98. The lowest BCUT2D eigenvalue weighted by molar-refractivity contribution is 0.243. The van der Waals surface area contributed by atoms with Gasteiger partial charge in [0.15, 0.2) is 0 Å². The van der Waals surface area contributed by atoms with Gasteiger partial charge in [-0.3, -0.25) is 9.69 Å². The van der Waals surface area contributed by atoms with Crippen LogP contribution < -0.4 is 5.56 Å². The Labute approximate surface area is 145 Å². The van der Waals surface area contributed by atoms with Gasteiger partial charge in [-0.15, -0.1) is 11.3 Å². The van der Waals surface area contributed by atoms with Gasteiger partial charge in [-0.1, -0.05) is 32.0 Å². The maximum absolute atomic E-state index is 12.4. The molecule has 0 saturated heterocycles. The number of aromatic amines is 1. The molecule has 0 amide bonds. The molecule has 0 aliphatic carbocycles. The number of nitrogens with zero attached hydrogens (tertiary/aromatic N) is 2. The Morgan fingerprint density at radius 3 is 2.96 bits per heavy atom. The van der Waals surface area contributed by atoms with Crippen LogP contribution in [0.1, 0.15) is 41.7 Å². The van der Waals surface area contributed by atoms with E-state index in [4.69, 9.17) is 0 Å². The van der Waals surface area contributed by atoms with Crippen molar-refractivity contribution in [1.29, 1.82) is 0 Å². The molecule has 0 radical (unpaired) electrons. The Bertz CT molecular complexity index is 908. The number of hydrogen-bond acceptors (Lipinski definition) is 4. The lowest BCUT2D eigenvalue weighted by Gasteiger charge is -2.27. The number of rotatable bonds is 3. The molecule has 0 atom stereocenters. The van der Waals surface area contributed by atoms with Crippen LogP contribution in [0.4, 0.5) is 0 Å². The Morgan fingerprint density at radius 2 is 2.17 bits per heavy atom. The van der Waals surface area contributed by atoms with Crippen molar-refractivity contribution in [3.63, 3.8) is 0 Å². The number of H-pyrrole nitrogens is 1. The van der Waals surface area contributed by atoms with E-state index in [2.05, 4.69) is 59.0 Å². The first kappa shape index (κ1) is 15.5. The lowest BCUT2D eigenvalue weighted by atomic mass is 10.1. The second kappa shape index (κ2) is 6.15. The summed E-state index contributed by atoms with van der Waals surface area (Å²) in [6.45, 7) is 6.65. The standard InChI is InChI=1S/C19H21N3OS/c1-12(2)18-20-16-7-8-22(11-15(16)19(23)21-18)10-14-9-13-5-3-4-6-17(13)24-14/h3-6,9,12H,7-8,10-11H2,1-2H3,(H,20,21,23). The first-order chi connectivity index (χ1) is 11.6. The van der Waals surface area contributed by atoms with Gasteiger partial charge in [0, 0.05) is 41.6 Å². The highest BCUT2D eigenvalue weighted by Crippen LogP contribution is 2.27. The van der Waals surface area contributed by atoms with Crippen LogP contribution in [0.15, 0.2) is 35.1 Å². The fourth-order valence-corrected chi connectivity index (χ4v) is 4.35. The van der Waals surface area contributed by atoms with Gasteiger partial charge in [0.1, 0.15) is 5.82 Å². The smallest absolute Gasteiger partial charge is 0.255 e. The van der Waals surface area contributed by atoms with E-state index in [9.17, 15) is 4.79 Å². The van der Waals surface area contributed by atoms with Gasteiger partial charge in [-0.05, 0) is 17.5 Å². The molecule has 0 saturated carbocycles. The summed E-state index contributed by atoms with van der Waals surface area (Å²) in [5.74, 6) is 1.05. The second-order valence-corrected chi connectivity index (χ2v) is 7.91. The number of nitrogens with one attached hydrogen (secondary N) is 1. The van der Waals surface area contributed by atoms with E-state index in [-0.39, 0.29) is 11.5 Å². The molecule has 4 nitrogen and oxygen atoms in total. The third kappa shape index (κ3) is 2.89. The van der Waals surface area contributed by atoms with E-state index in [1.165, 1.54) is 15.0 Å². The summed E-state index contributed by atoms with van der Waals surface area (Å²) in [6, 6.07) is 10.7. The van der Waals surface area contributed by atoms with Gasteiger partial charge >= 0.3 is 0 Å². The summed E-state index contributed by atoms with van der Waals surface area (Å²) >= 11 is 1.84. The van der Waals surface area contributed by atoms with Gasteiger partial charge in [-0.25, -0.2) is 4.98 Å². The van der Waals surface area contributed by atoms with Crippen molar-refractivity contribution in [3.8, 4) is 0 Å². The van der Waals surface area contributed by atoms with E-state index in [1.54, 1.807) is 0 Å². The van der Waals surface area contributed by atoms with Crippen LogP contribution in [0.2, 0.25) is 0 Å². The zero-order valence-electron chi connectivity index (χ0n) is 14.0. The Morgan fingerprint density at radius 1 is 1.33 bits per heavy atom. The number of fused-ring (bicyclic) bond motifs is 2. The molecule has 3 heterocycles. The summed E-state index contributed by atoms with van der Waals surface area (Å²) in [5.41, 5.74) is 1.85. The largest absolute Gasteiger partial charge is 0.310 e. The molecule has 1 N–H and O–H groups in total. The van der Waals surface area contributed by atoms with Crippen LogP contribution in [0, 0.1) is 0 Å². The molecule has 1 aliphatic rings. The fraction of sp³-hybridized carbons (Fsp3) is 0.368. The van der Waals surface area contributed by atoms with Crippen LogP contribution in [-0.4, -0.2) is 21.4 Å². The molecular formula is C19H21N3OS. The van der Waals surface area contributed by atoms with Crippen molar-refractivity contribution in [2.45, 2.75) is 39.3 Å². The van der Waals surface area contributed by atoms with Crippen LogP contribution in [0.5, 0.6) is 0 Å². The number of benzene rings is 1. The first-order valence-corrected chi connectivity index (χ1v) is 9.23. The molecule has 1 aromatic carbocycles. The van der Waals surface area contributed by atoms with Gasteiger partial charge in [-0.2, -0.15) is 0 Å². The predicted molar refractivity (Wildman–Crippen MR) is 98.6 cm³/mol. The Balaban J connectivity index is 1.57. The summed E-state index contributed by atoms with van der Waals surface area (Å²) in [6.07, 6.45) is 0.851. The summed E-state index contributed by atoms with van der Waals surface area (Å²) in [5, 5.41) is 1.30. The van der Waals surface area contributed by atoms with E-state index in [1.807, 2.05) is 11.3 Å². The molecule has 0 spiro atoms. The molecule has 0 bridgehead atoms. The highest BCUT2D eigenvalue weighted by molar-refractivity contribution is 7.19. The maximum Gasteiger partial charge on any atom is 0.255 e. The molecular weight excluding hydrogens is 318 g/mol. The Kier molecular flexibility index (Phi) is 3.98. The normalized spacial score (nSPS) is 15.1. The van der Waals surface area contributed by atoms with E-state index >= 15 is 0 Å². The van der Waals surface area contributed by atoms with E-state index in [0.29, 0.717) is 6.54 Å². The summed E-state index contributed by atoms with van der Waals surface area (Å²) in [4.78, 5) is 23.7. The summed E-state index contributed by atoms with van der Waals surface area (Å²) < 4.78 is 1.32. The molecule has 24 heavy (non-hydrogen) atoms. The van der Waals surface area contributed by atoms with Crippen LogP contribution in [0.3, 0.4) is 0 Å². The molecule has 4 rings (SSSR count). The van der Waals surface area contributed by atoms with Crippen molar-refractivity contribution in [1.82, 2.24) is 14.9 Å². The fourth-order valence-electron chi connectivity index (χ4n) is 3.24. The minimum absolute atomic E-state index is 0.0322. The molecule has 124 valence electrons. The minimum Gasteiger partial charge on any atom is -0.310 e. The second-order valence-electron chi connectivity index (χ2n) is 6.74. The van der Waals surface area contributed by atoms with Crippen molar-refractivity contribution < 1.29 is 0 Å². The number of aromatic nitrogens is 2. The minimum atomic E-state index is 0.0322. The molecule has 2 aromatic heterocycles.